The van der Waals surface area contributed by atoms with Gasteiger partial charge in [0.15, 0.2) is 11.5 Å². The highest BCUT2D eigenvalue weighted by Gasteiger charge is 2.21. The second kappa shape index (κ2) is 7.93. The third-order valence-corrected chi connectivity index (χ3v) is 4.91. The van der Waals surface area contributed by atoms with Gasteiger partial charge < -0.3 is 9.47 Å². The molecule has 0 aliphatic carbocycles. The van der Waals surface area contributed by atoms with Crippen molar-refractivity contribution in [2.24, 2.45) is 0 Å². The predicted octanol–water partition coefficient (Wildman–Crippen LogP) is 3.77. The Morgan fingerprint density at radius 3 is 2.35 bits per heavy atom. The van der Waals surface area contributed by atoms with Gasteiger partial charge in [-0.3, -0.25) is 0 Å². The Labute approximate surface area is 147 Å². The molecule has 0 saturated heterocycles. The topological polar surface area (TPSA) is 76.4 Å². The minimum absolute atomic E-state index is 0.0597. The molecule has 0 amide bonds. The molecule has 2 aromatic rings. The average molecular weight is 383 g/mol. The van der Waals surface area contributed by atoms with Gasteiger partial charge >= 0.3 is 6.61 Å². The zero-order chi connectivity index (χ0) is 19.3. The molecular weight excluding hydrogens is 371 g/mol. The van der Waals surface area contributed by atoms with Gasteiger partial charge in [0.25, 0.3) is 0 Å². The van der Waals surface area contributed by atoms with Crippen LogP contribution in [0.2, 0.25) is 0 Å². The summed E-state index contributed by atoms with van der Waals surface area (Å²) in [5.74, 6) is -0.916. The number of allylic oxidation sites excluding steroid dienone is 1. The summed E-state index contributed by atoms with van der Waals surface area (Å²) < 4.78 is 71.8. The van der Waals surface area contributed by atoms with E-state index in [0.29, 0.717) is 0 Å². The molecule has 0 aliphatic rings. The largest absolute Gasteiger partial charge is 0.493 e. The highest BCUT2D eigenvalue weighted by atomic mass is 32.2. The zero-order valence-electron chi connectivity index (χ0n) is 13.3. The van der Waals surface area contributed by atoms with E-state index in [1.807, 2.05) is 0 Å². The van der Waals surface area contributed by atoms with Gasteiger partial charge in [0.2, 0.25) is 9.84 Å². The molecule has 0 saturated carbocycles. The molecule has 0 bridgehead atoms. The van der Waals surface area contributed by atoms with Gasteiger partial charge in [0.05, 0.1) is 12.0 Å². The normalized spacial score (nSPS) is 11.9. The highest BCUT2D eigenvalue weighted by molar-refractivity contribution is 7.95. The number of sulfone groups is 1. The maximum atomic E-state index is 13.0. The van der Waals surface area contributed by atoms with Gasteiger partial charge in [0.1, 0.15) is 16.8 Å². The minimum atomic E-state index is -4.17. The maximum absolute atomic E-state index is 13.0. The van der Waals surface area contributed by atoms with Crippen molar-refractivity contribution in [3.8, 4) is 17.6 Å². The van der Waals surface area contributed by atoms with Crippen molar-refractivity contribution in [3.05, 3.63) is 58.8 Å². The van der Waals surface area contributed by atoms with Gasteiger partial charge in [-0.25, -0.2) is 12.8 Å². The van der Waals surface area contributed by atoms with E-state index >= 15 is 0 Å². The molecule has 0 N–H and O–H groups in total. The van der Waals surface area contributed by atoms with Crippen LogP contribution in [0, 0.1) is 17.1 Å². The summed E-state index contributed by atoms with van der Waals surface area (Å²) in [5.41, 5.74) is 0.214. The van der Waals surface area contributed by atoms with Crippen molar-refractivity contribution in [1.82, 2.24) is 0 Å². The third-order valence-electron chi connectivity index (χ3n) is 3.23. The van der Waals surface area contributed by atoms with Crippen LogP contribution in [0.5, 0.6) is 11.5 Å². The summed E-state index contributed by atoms with van der Waals surface area (Å²) in [4.78, 5) is -0.856. The third kappa shape index (κ3) is 4.34. The standard InChI is InChI=1S/C17H12F3NO4S/c1-24-16-9-11(2-7-15(16)25-17(19)20)8-14(10-21)26(22,23)13-5-3-12(18)4-6-13/h2-9,17H,1H3/b14-8+. The summed E-state index contributed by atoms with van der Waals surface area (Å²) in [6, 6.07) is 9.27. The number of halogens is 3. The Hall–Kier alpha value is -2.99. The Balaban J connectivity index is 2.45. The number of nitrogens with zero attached hydrogens (tertiary/aromatic N) is 1. The van der Waals surface area contributed by atoms with Crippen molar-refractivity contribution in [1.29, 1.82) is 5.26 Å². The smallest absolute Gasteiger partial charge is 0.387 e. The van der Waals surface area contributed by atoms with Gasteiger partial charge in [-0.15, -0.1) is 0 Å². The van der Waals surface area contributed by atoms with Gasteiger partial charge in [-0.2, -0.15) is 14.0 Å². The van der Waals surface area contributed by atoms with Gasteiger partial charge in [0, 0.05) is 0 Å². The fraction of sp³-hybridized carbons (Fsp3) is 0.118. The maximum Gasteiger partial charge on any atom is 0.387 e. The van der Waals surface area contributed by atoms with Crippen molar-refractivity contribution in [3.63, 3.8) is 0 Å². The average Bonchev–Trinajstić information content (AvgIpc) is 2.60. The lowest BCUT2D eigenvalue weighted by molar-refractivity contribution is -0.0512. The molecule has 0 radical (unpaired) electrons. The monoisotopic (exact) mass is 383 g/mol. The van der Waals surface area contributed by atoms with E-state index in [2.05, 4.69) is 4.74 Å². The van der Waals surface area contributed by atoms with Gasteiger partial charge in [-0.05, 0) is 48.0 Å². The summed E-state index contributed by atoms with van der Waals surface area (Å²) >= 11 is 0. The highest BCUT2D eigenvalue weighted by Crippen LogP contribution is 2.31. The van der Waals surface area contributed by atoms with Crippen LogP contribution < -0.4 is 9.47 Å². The van der Waals surface area contributed by atoms with Crippen LogP contribution in [-0.2, 0) is 9.84 Å². The molecule has 9 heteroatoms. The van der Waals surface area contributed by atoms with E-state index in [1.54, 1.807) is 6.07 Å². The second-order valence-corrected chi connectivity index (χ2v) is 6.78. The summed E-state index contributed by atoms with van der Waals surface area (Å²) in [7, 11) is -2.95. The number of benzene rings is 2. The number of rotatable bonds is 6. The number of hydrogen-bond acceptors (Lipinski definition) is 5. The van der Waals surface area contributed by atoms with E-state index in [9.17, 15) is 26.9 Å². The number of alkyl halides is 2. The van der Waals surface area contributed by atoms with Crippen LogP contribution in [0.4, 0.5) is 13.2 Å². The summed E-state index contributed by atoms with van der Waals surface area (Å²) in [6.45, 7) is -3.06. The van der Waals surface area contributed by atoms with Crippen molar-refractivity contribution in [2.75, 3.05) is 7.11 Å². The molecule has 0 aromatic heterocycles. The lowest BCUT2D eigenvalue weighted by atomic mass is 10.2. The fourth-order valence-corrected chi connectivity index (χ4v) is 3.19. The Morgan fingerprint density at radius 1 is 1.15 bits per heavy atom. The van der Waals surface area contributed by atoms with E-state index in [0.717, 1.165) is 36.4 Å². The first-order valence-corrected chi connectivity index (χ1v) is 8.51. The van der Waals surface area contributed by atoms with Crippen molar-refractivity contribution in [2.45, 2.75) is 11.5 Å². The van der Waals surface area contributed by atoms with E-state index in [1.165, 1.54) is 19.2 Å². The molecule has 2 rings (SSSR count). The molecule has 136 valence electrons. The zero-order valence-corrected chi connectivity index (χ0v) is 14.1. The number of nitriles is 1. The minimum Gasteiger partial charge on any atom is -0.493 e. The molecule has 0 atom stereocenters. The number of hydrogen-bond donors (Lipinski definition) is 0. The fourth-order valence-electron chi connectivity index (χ4n) is 2.03. The van der Waals surface area contributed by atoms with E-state index in [-0.39, 0.29) is 22.0 Å². The van der Waals surface area contributed by atoms with Crippen LogP contribution in [-0.4, -0.2) is 22.1 Å². The molecule has 26 heavy (non-hydrogen) atoms. The van der Waals surface area contributed by atoms with E-state index in [4.69, 9.17) is 4.74 Å². The number of methoxy groups -OCH3 is 1. The Morgan fingerprint density at radius 2 is 1.81 bits per heavy atom. The first-order chi connectivity index (χ1) is 12.3. The molecular formula is C17H12F3NO4S. The Kier molecular flexibility index (Phi) is 5.90. The van der Waals surface area contributed by atoms with Crippen molar-refractivity contribution < 1.29 is 31.1 Å². The molecule has 2 aromatic carbocycles. The second-order valence-electron chi connectivity index (χ2n) is 4.87. The van der Waals surface area contributed by atoms with Gasteiger partial charge in [-0.1, -0.05) is 6.07 Å². The van der Waals surface area contributed by atoms with Crippen LogP contribution in [0.15, 0.2) is 52.3 Å². The van der Waals surface area contributed by atoms with Crippen LogP contribution in [0.25, 0.3) is 6.08 Å². The first-order valence-electron chi connectivity index (χ1n) is 7.03. The quantitative estimate of drug-likeness (QED) is 0.561. The summed E-state index contributed by atoms with van der Waals surface area (Å²) in [5, 5.41) is 9.21. The first kappa shape index (κ1) is 19.3. The SMILES string of the molecule is COc1cc(/C=C(\C#N)S(=O)(=O)c2ccc(F)cc2)ccc1OC(F)F. The molecule has 0 fully saturated rings. The lowest BCUT2D eigenvalue weighted by Gasteiger charge is -2.10. The molecule has 5 nitrogen and oxygen atoms in total. The molecule has 0 aliphatic heterocycles. The summed E-state index contributed by atoms with van der Waals surface area (Å²) in [6.07, 6.45) is 1.05. The number of ether oxygens (including phenoxy) is 2. The molecule has 0 heterocycles. The van der Waals surface area contributed by atoms with Crippen LogP contribution >= 0.6 is 0 Å². The predicted molar refractivity (Wildman–Crippen MR) is 86.8 cm³/mol. The van der Waals surface area contributed by atoms with Crippen molar-refractivity contribution >= 4 is 15.9 Å². The lowest BCUT2D eigenvalue weighted by Crippen LogP contribution is -2.04. The Bertz CT molecular complexity index is 964. The van der Waals surface area contributed by atoms with Crippen LogP contribution in [0.1, 0.15) is 5.56 Å². The van der Waals surface area contributed by atoms with Crippen LogP contribution in [0.3, 0.4) is 0 Å². The van der Waals surface area contributed by atoms with E-state index < -0.39 is 27.2 Å². The molecule has 0 unspecified atom stereocenters. The molecule has 0 spiro atoms.